The molecular weight excluding hydrogens is 470 g/mol. The number of nitrogens with zero attached hydrogens (tertiary/aromatic N) is 4. The van der Waals surface area contributed by atoms with E-state index in [0.717, 1.165) is 44.6 Å². The van der Waals surface area contributed by atoms with Crippen molar-refractivity contribution in [1.82, 2.24) is 14.7 Å². The van der Waals surface area contributed by atoms with Gasteiger partial charge >= 0.3 is 0 Å². The normalized spacial score (nSPS) is 20.6. The number of methoxy groups -OCH3 is 1. The van der Waals surface area contributed by atoms with Crippen molar-refractivity contribution in [3.63, 3.8) is 0 Å². The highest BCUT2D eigenvalue weighted by molar-refractivity contribution is 6.09. The molecule has 3 aliphatic rings. The summed E-state index contributed by atoms with van der Waals surface area (Å²) in [7, 11) is 1.59. The zero-order valence-corrected chi connectivity index (χ0v) is 20.9. The molecule has 3 aromatic rings. The van der Waals surface area contributed by atoms with Crippen LogP contribution in [0.1, 0.15) is 51.4 Å². The first-order chi connectivity index (χ1) is 17.9. The number of carbonyl (C=O) groups is 2. The Kier molecular flexibility index (Phi) is 5.77. The van der Waals surface area contributed by atoms with Gasteiger partial charge in [-0.15, -0.1) is 0 Å². The fourth-order valence-corrected chi connectivity index (χ4v) is 5.78. The molecule has 37 heavy (non-hydrogen) atoms. The van der Waals surface area contributed by atoms with Gasteiger partial charge < -0.3 is 20.5 Å². The number of aliphatic hydroxyl groups is 1. The highest BCUT2D eigenvalue weighted by atomic mass is 16.5. The first-order valence-corrected chi connectivity index (χ1v) is 12.8. The minimum Gasteiger partial charge on any atom is -0.497 e. The van der Waals surface area contributed by atoms with Gasteiger partial charge in [0.2, 0.25) is 0 Å². The van der Waals surface area contributed by atoms with E-state index >= 15 is 0 Å². The van der Waals surface area contributed by atoms with Crippen LogP contribution in [0.25, 0.3) is 5.69 Å². The van der Waals surface area contributed by atoms with E-state index in [1.165, 1.54) is 10.2 Å². The summed E-state index contributed by atoms with van der Waals surface area (Å²) in [6.45, 7) is 3.10. The molecule has 0 spiro atoms. The summed E-state index contributed by atoms with van der Waals surface area (Å²) in [5.74, 6) is -0.173. The van der Waals surface area contributed by atoms with Gasteiger partial charge in [-0.05, 0) is 67.6 Å². The van der Waals surface area contributed by atoms with Gasteiger partial charge in [0, 0.05) is 42.8 Å². The molecule has 1 aliphatic carbocycles. The number of aliphatic hydroxyl groups excluding tert-OH is 1. The number of anilines is 1. The zero-order valence-electron chi connectivity index (χ0n) is 20.9. The van der Waals surface area contributed by atoms with Crippen LogP contribution < -0.4 is 15.4 Å². The van der Waals surface area contributed by atoms with E-state index in [1.54, 1.807) is 36.3 Å². The minimum absolute atomic E-state index is 0.136. The molecule has 1 atom stereocenters. The molecule has 2 amide bonds. The van der Waals surface area contributed by atoms with Gasteiger partial charge in [-0.1, -0.05) is 12.1 Å². The topological polar surface area (TPSA) is 114 Å². The van der Waals surface area contributed by atoms with Crippen molar-refractivity contribution < 1.29 is 19.4 Å². The molecule has 2 aliphatic heterocycles. The number of benzene rings is 2. The number of hydrogen-bond acceptors (Lipinski definition) is 6. The second-order valence-corrected chi connectivity index (χ2v) is 10.4. The Morgan fingerprint density at radius 3 is 2.41 bits per heavy atom. The third-order valence-electron chi connectivity index (χ3n) is 7.99. The molecule has 1 aromatic heterocycles. The molecule has 6 rings (SSSR count). The average Bonchev–Trinajstić information content (AvgIpc) is 3.39. The van der Waals surface area contributed by atoms with Crippen molar-refractivity contribution in [3.05, 3.63) is 71.0 Å². The molecule has 2 fully saturated rings. The van der Waals surface area contributed by atoms with Crippen LogP contribution in [0.15, 0.2) is 48.5 Å². The second kappa shape index (κ2) is 9.00. The van der Waals surface area contributed by atoms with Crippen molar-refractivity contribution in [2.75, 3.05) is 38.2 Å². The third kappa shape index (κ3) is 4.18. The van der Waals surface area contributed by atoms with Crippen LogP contribution >= 0.6 is 0 Å². The Morgan fingerprint density at radius 2 is 1.81 bits per heavy atom. The smallest absolute Gasteiger partial charge is 0.277 e. The summed E-state index contributed by atoms with van der Waals surface area (Å²) >= 11 is 0. The molecule has 9 heteroatoms. The number of carbonyl (C=O) groups excluding carboxylic acids is 2. The molecule has 192 valence electrons. The number of amides is 2. The van der Waals surface area contributed by atoms with Crippen LogP contribution in [-0.2, 0) is 11.8 Å². The van der Waals surface area contributed by atoms with Crippen LogP contribution in [-0.4, -0.2) is 71.0 Å². The van der Waals surface area contributed by atoms with Crippen molar-refractivity contribution in [1.29, 1.82) is 0 Å². The lowest BCUT2D eigenvalue weighted by molar-refractivity contribution is 0.0972. The quantitative estimate of drug-likeness (QED) is 0.514. The number of ether oxygens (including phenoxy) is 1. The Balaban J connectivity index is 1.28. The van der Waals surface area contributed by atoms with E-state index in [-0.39, 0.29) is 23.1 Å². The van der Waals surface area contributed by atoms with Crippen LogP contribution in [0, 0.1) is 0 Å². The number of hydrogen-bond donors (Lipinski definition) is 2. The van der Waals surface area contributed by atoms with Crippen molar-refractivity contribution in [3.8, 4) is 11.4 Å². The summed E-state index contributed by atoms with van der Waals surface area (Å²) < 4.78 is 6.76. The van der Waals surface area contributed by atoms with Gasteiger partial charge in [-0.3, -0.25) is 14.5 Å². The molecule has 0 radical (unpaired) electrons. The number of aromatic nitrogens is 2. The number of β-amino-alcohol motifs (C(OH)–C–C–N with tert-alkyl or cyclic N) is 1. The Labute approximate surface area is 215 Å². The van der Waals surface area contributed by atoms with Gasteiger partial charge in [0.25, 0.3) is 11.8 Å². The Morgan fingerprint density at radius 1 is 1.11 bits per heavy atom. The molecule has 0 unspecified atom stereocenters. The first kappa shape index (κ1) is 23.7. The fourth-order valence-electron chi connectivity index (χ4n) is 5.78. The summed E-state index contributed by atoms with van der Waals surface area (Å²) in [4.78, 5) is 30.0. The summed E-state index contributed by atoms with van der Waals surface area (Å²) in [5.41, 5.74) is 9.59. The van der Waals surface area contributed by atoms with Crippen LogP contribution in [0.2, 0.25) is 0 Å². The number of rotatable bonds is 7. The summed E-state index contributed by atoms with van der Waals surface area (Å²) in [6.07, 6.45) is 3.40. The third-order valence-corrected chi connectivity index (χ3v) is 7.99. The maximum Gasteiger partial charge on any atom is 0.277 e. The van der Waals surface area contributed by atoms with E-state index < -0.39 is 5.91 Å². The first-order valence-electron chi connectivity index (χ1n) is 12.8. The van der Waals surface area contributed by atoms with Crippen LogP contribution in [0.4, 0.5) is 5.69 Å². The van der Waals surface area contributed by atoms with Crippen molar-refractivity contribution >= 4 is 17.5 Å². The van der Waals surface area contributed by atoms with E-state index in [9.17, 15) is 14.7 Å². The monoisotopic (exact) mass is 501 g/mol. The molecular formula is C28H31N5O4. The molecule has 3 heterocycles. The van der Waals surface area contributed by atoms with Gasteiger partial charge in [0.15, 0.2) is 5.69 Å². The second-order valence-electron chi connectivity index (χ2n) is 10.4. The predicted octanol–water partition coefficient (Wildman–Crippen LogP) is 2.28. The SMILES string of the molecule is COc1ccc(-n2nc(C(N)=O)c3c2C(=O)N(c2ccc(C4(CN5CC[C@@H](O)C5)CC4)cc2)CC3)cc1. The van der Waals surface area contributed by atoms with E-state index in [2.05, 4.69) is 22.1 Å². The van der Waals surface area contributed by atoms with Crippen molar-refractivity contribution in [2.24, 2.45) is 5.73 Å². The lowest BCUT2D eigenvalue weighted by atomic mass is 9.94. The van der Waals surface area contributed by atoms with E-state index in [1.807, 2.05) is 12.1 Å². The summed E-state index contributed by atoms with van der Waals surface area (Å²) in [5, 5.41) is 14.3. The molecule has 0 bridgehead atoms. The average molecular weight is 502 g/mol. The number of primary amides is 1. The predicted molar refractivity (Wildman–Crippen MR) is 138 cm³/mol. The van der Waals surface area contributed by atoms with Crippen LogP contribution in [0.3, 0.4) is 0 Å². The standard InChI is InChI=1S/C28H31N5O4/c1-37-22-8-6-20(7-9-22)33-25-23(24(30-33)26(29)35)11-15-32(27(25)36)19-4-2-18(3-5-19)28(12-13-28)17-31-14-10-21(34)16-31/h2-9,21,34H,10-17H2,1H3,(H2,29,35)/t21-/m1/s1. The summed E-state index contributed by atoms with van der Waals surface area (Å²) in [6, 6.07) is 15.5. The lowest BCUT2D eigenvalue weighted by Crippen LogP contribution is -2.39. The number of fused-ring (bicyclic) bond motifs is 1. The van der Waals surface area contributed by atoms with E-state index in [4.69, 9.17) is 10.5 Å². The number of nitrogens with two attached hydrogens (primary N) is 1. The highest BCUT2D eigenvalue weighted by Gasteiger charge is 2.46. The van der Waals surface area contributed by atoms with E-state index in [0.29, 0.717) is 35.7 Å². The Bertz CT molecular complexity index is 1340. The minimum atomic E-state index is -0.644. The molecule has 1 saturated heterocycles. The van der Waals surface area contributed by atoms with Gasteiger partial charge in [0.05, 0.1) is 18.9 Å². The zero-order chi connectivity index (χ0) is 25.7. The molecule has 2 aromatic carbocycles. The van der Waals surface area contributed by atoms with Crippen LogP contribution in [0.5, 0.6) is 5.75 Å². The maximum absolute atomic E-state index is 13.8. The number of likely N-dealkylation sites (tertiary alicyclic amines) is 1. The molecule has 9 nitrogen and oxygen atoms in total. The van der Waals surface area contributed by atoms with Gasteiger partial charge in [0.1, 0.15) is 11.4 Å². The van der Waals surface area contributed by atoms with Gasteiger partial charge in [-0.2, -0.15) is 5.10 Å². The highest BCUT2D eigenvalue weighted by Crippen LogP contribution is 2.49. The molecule has 3 N–H and O–H groups in total. The van der Waals surface area contributed by atoms with Gasteiger partial charge in [-0.25, -0.2) is 4.68 Å². The maximum atomic E-state index is 13.8. The fraction of sp³-hybridized carbons (Fsp3) is 0.393. The molecule has 1 saturated carbocycles. The largest absolute Gasteiger partial charge is 0.497 e. The van der Waals surface area contributed by atoms with Crippen molar-refractivity contribution in [2.45, 2.75) is 37.2 Å². The Hall–Kier alpha value is -3.69. The lowest BCUT2D eigenvalue weighted by Gasteiger charge is -2.29.